The zero-order valence-corrected chi connectivity index (χ0v) is 13.0. The van der Waals surface area contributed by atoms with Gasteiger partial charge in [-0.2, -0.15) is 0 Å². The first-order valence-electron chi connectivity index (χ1n) is 7.18. The van der Waals surface area contributed by atoms with Crippen LogP contribution in [0.25, 0.3) is 10.9 Å². The number of aromatic nitrogens is 1. The fourth-order valence-corrected chi connectivity index (χ4v) is 4.30. The molecule has 2 aromatic heterocycles. The molecule has 106 valence electrons. The third kappa shape index (κ3) is 2.41. The Morgan fingerprint density at radius 3 is 3.19 bits per heavy atom. The van der Waals surface area contributed by atoms with Crippen molar-refractivity contribution in [3.05, 3.63) is 57.4 Å². The van der Waals surface area contributed by atoms with Crippen LogP contribution in [0.4, 0.5) is 5.69 Å². The van der Waals surface area contributed by atoms with Gasteiger partial charge in [0.2, 0.25) is 0 Å². The zero-order chi connectivity index (χ0) is 14.2. The van der Waals surface area contributed by atoms with E-state index < -0.39 is 0 Å². The molecule has 0 saturated carbocycles. The summed E-state index contributed by atoms with van der Waals surface area (Å²) in [6.07, 6.45) is 5.43. The summed E-state index contributed by atoms with van der Waals surface area (Å²) < 4.78 is 0. The topological polar surface area (TPSA) is 24.9 Å². The van der Waals surface area contributed by atoms with Crippen molar-refractivity contribution in [3.63, 3.8) is 0 Å². The molecule has 1 atom stereocenters. The molecule has 21 heavy (non-hydrogen) atoms. The molecule has 1 aliphatic rings. The molecule has 0 fully saturated rings. The second-order valence-electron chi connectivity index (χ2n) is 5.42. The maximum absolute atomic E-state index is 6.25. The summed E-state index contributed by atoms with van der Waals surface area (Å²) in [5.41, 5.74) is 3.46. The summed E-state index contributed by atoms with van der Waals surface area (Å²) in [7, 11) is 0. The molecule has 0 amide bonds. The van der Waals surface area contributed by atoms with Gasteiger partial charge in [-0.15, -0.1) is 11.3 Å². The molecular weight excluding hydrogens is 300 g/mol. The van der Waals surface area contributed by atoms with Crippen LogP contribution in [0.15, 0.2) is 41.9 Å². The van der Waals surface area contributed by atoms with E-state index >= 15 is 0 Å². The second-order valence-corrected chi connectivity index (χ2v) is 6.85. The number of fused-ring (bicyclic) bond motifs is 2. The zero-order valence-electron chi connectivity index (χ0n) is 11.5. The van der Waals surface area contributed by atoms with Gasteiger partial charge in [-0.3, -0.25) is 4.98 Å². The third-order valence-electron chi connectivity index (χ3n) is 4.05. The minimum Gasteiger partial charge on any atom is -0.376 e. The van der Waals surface area contributed by atoms with E-state index in [0.29, 0.717) is 6.04 Å². The van der Waals surface area contributed by atoms with Gasteiger partial charge in [0.1, 0.15) is 0 Å². The highest BCUT2D eigenvalue weighted by molar-refractivity contribution is 7.10. The van der Waals surface area contributed by atoms with E-state index in [1.165, 1.54) is 23.3 Å². The van der Waals surface area contributed by atoms with Gasteiger partial charge in [0.15, 0.2) is 0 Å². The van der Waals surface area contributed by atoms with Crippen molar-refractivity contribution < 1.29 is 0 Å². The summed E-state index contributed by atoms with van der Waals surface area (Å²) in [6, 6.07) is 10.6. The Balaban J connectivity index is 1.76. The molecule has 3 aromatic rings. The SMILES string of the molecule is Clc1cc(NC2CCCc3sccc32)c2ncccc2c1. The highest BCUT2D eigenvalue weighted by Crippen LogP contribution is 2.37. The maximum Gasteiger partial charge on any atom is 0.0934 e. The second kappa shape index (κ2) is 5.32. The van der Waals surface area contributed by atoms with Crippen molar-refractivity contribution in [1.82, 2.24) is 4.98 Å². The van der Waals surface area contributed by atoms with Crippen LogP contribution in [-0.4, -0.2) is 4.98 Å². The number of thiophene rings is 1. The fraction of sp³-hybridized carbons (Fsp3) is 0.235. The third-order valence-corrected chi connectivity index (χ3v) is 5.27. The molecule has 0 aliphatic heterocycles. The van der Waals surface area contributed by atoms with Crippen LogP contribution >= 0.6 is 22.9 Å². The summed E-state index contributed by atoms with van der Waals surface area (Å²) in [5, 5.41) is 7.69. The van der Waals surface area contributed by atoms with Crippen molar-refractivity contribution in [2.75, 3.05) is 5.32 Å². The lowest BCUT2D eigenvalue weighted by Crippen LogP contribution is -2.15. The predicted octanol–water partition coefficient (Wildman–Crippen LogP) is 5.44. The number of nitrogens with one attached hydrogen (secondary N) is 1. The quantitative estimate of drug-likeness (QED) is 0.681. The summed E-state index contributed by atoms with van der Waals surface area (Å²) in [5.74, 6) is 0. The van der Waals surface area contributed by atoms with Crippen LogP contribution in [0.1, 0.15) is 29.3 Å². The van der Waals surface area contributed by atoms with E-state index in [1.807, 2.05) is 35.7 Å². The molecule has 1 N–H and O–H groups in total. The molecule has 0 spiro atoms. The van der Waals surface area contributed by atoms with Crippen LogP contribution in [0.2, 0.25) is 5.02 Å². The summed E-state index contributed by atoms with van der Waals surface area (Å²) in [4.78, 5) is 6.02. The molecule has 0 radical (unpaired) electrons. The van der Waals surface area contributed by atoms with E-state index in [1.54, 1.807) is 0 Å². The Kier molecular flexibility index (Phi) is 3.32. The first-order valence-corrected chi connectivity index (χ1v) is 8.44. The average molecular weight is 315 g/mol. The lowest BCUT2D eigenvalue weighted by atomic mass is 9.93. The molecule has 1 aliphatic carbocycles. The van der Waals surface area contributed by atoms with E-state index in [2.05, 4.69) is 27.8 Å². The van der Waals surface area contributed by atoms with Gasteiger partial charge >= 0.3 is 0 Å². The van der Waals surface area contributed by atoms with Gasteiger partial charge in [-0.05, 0) is 54.5 Å². The predicted molar refractivity (Wildman–Crippen MR) is 90.4 cm³/mol. The highest BCUT2D eigenvalue weighted by Gasteiger charge is 2.21. The van der Waals surface area contributed by atoms with Crippen LogP contribution in [-0.2, 0) is 6.42 Å². The van der Waals surface area contributed by atoms with Gasteiger partial charge < -0.3 is 5.32 Å². The molecule has 0 bridgehead atoms. The highest BCUT2D eigenvalue weighted by atomic mass is 35.5. The number of hydrogen-bond donors (Lipinski definition) is 1. The Morgan fingerprint density at radius 2 is 2.24 bits per heavy atom. The largest absolute Gasteiger partial charge is 0.376 e. The van der Waals surface area contributed by atoms with Crippen molar-refractivity contribution in [1.29, 1.82) is 0 Å². The van der Waals surface area contributed by atoms with Crippen molar-refractivity contribution >= 4 is 39.5 Å². The van der Waals surface area contributed by atoms with E-state index in [9.17, 15) is 0 Å². The van der Waals surface area contributed by atoms with Gasteiger partial charge in [0, 0.05) is 21.5 Å². The smallest absolute Gasteiger partial charge is 0.0934 e. The summed E-state index contributed by atoms with van der Waals surface area (Å²) >= 11 is 8.12. The van der Waals surface area contributed by atoms with Gasteiger partial charge in [-0.1, -0.05) is 17.7 Å². The standard InChI is InChI=1S/C17H15ClN2S/c18-12-9-11-3-2-7-19-17(11)15(10-12)20-14-4-1-5-16-13(14)6-8-21-16/h2-3,6-10,14,20H,1,4-5H2. The molecule has 2 heterocycles. The number of nitrogens with zero attached hydrogens (tertiary/aromatic N) is 1. The Hall–Kier alpha value is -1.58. The Labute approximate surface area is 132 Å². The molecule has 0 saturated heterocycles. The van der Waals surface area contributed by atoms with E-state index in [0.717, 1.165) is 28.0 Å². The van der Waals surface area contributed by atoms with Gasteiger partial charge in [0.05, 0.1) is 17.2 Å². The monoisotopic (exact) mass is 314 g/mol. The van der Waals surface area contributed by atoms with Crippen molar-refractivity contribution in [2.24, 2.45) is 0 Å². The molecule has 2 nitrogen and oxygen atoms in total. The first-order chi connectivity index (χ1) is 10.3. The van der Waals surface area contributed by atoms with E-state index in [-0.39, 0.29) is 0 Å². The average Bonchev–Trinajstić information content (AvgIpc) is 2.96. The molecule has 1 aromatic carbocycles. The Bertz CT molecular complexity index is 796. The Morgan fingerprint density at radius 1 is 1.29 bits per heavy atom. The van der Waals surface area contributed by atoms with Crippen molar-refractivity contribution in [3.8, 4) is 0 Å². The number of pyridine rings is 1. The lowest BCUT2D eigenvalue weighted by Gasteiger charge is -2.25. The molecule has 4 rings (SSSR count). The minimum absolute atomic E-state index is 0.365. The van der Waals surface area contributed by atoms with Gasteiger partial charge in [-0.25, -0.2) is 0 Å². The fourth-order valence-electron chi connectivity index (χ4n) is 3.09. The van der Waals surface area contributed by atoms with E-state index in [4.69, 9.17) is 11.6 Å². The number of anilines is 1. The normalized spacial score (nSPS) is 17.7. The van der Waals surface area contributed by atoms with Crippen LogP contribution in [0.5, 0.6) is 0 Å². The summed E-state index contributed by atoms with van der Waals surface area (Å²) in [6.45, 7) is 0. The molecular formula is C17H15ClN2S. The number of aryl methyl sites for hydroxylation is 1. The molecule has 4 heteroatoms. The minimum atomic E-state index is 0.365. The number of hydrogen-bond acceptors (Lipinski definition) is 3. The first kappa shape index (κ1) is 13.1. The number of benzene rings is 1. The molecule has 1 unspecified atom stereocenters. The number of rotatable bonds is 2. The van der Waals surface area contributed by atoms with Crippen LogP contribution < -0.4 is 5.32 Å². The van der Waals surface area contributed by atoms with Crippen LogP contribution in [0, 0.1) is 0 Å². The lowest BCUT2D eigenvalue weighted by molar-refractivity contribution is 0.609. The van der Waals surface area contributed by atoms with Gasteiger partial charge in [0.25, 0.3) is 0 Å². The van der Waals surface area contributed by atoms with Crippen LogP contribution in [0.3, 0.4) is 0 Å². The number of halogens is 1. The van der Waals surface area contributed by atoms with Crippen molar-refractivity contribution in [2.45, 2.75) is 25.3 Å². The maximum atomic E-state index is 6.25.